The number of hydrogen-bond acceptors (Lipinski definition) is 5. The van der Waals surface area contributed by atoms with Crippen molar-refractivity contribution in [3.8, 4) is 0 Å². The average molecular weight is 253 g/mol. The maximum atomic E-state index is 11.3. The molecule has 96 valence electrons. The highest BCUT2D eigenvalue weighted by Crippen LogP contribution is 2.18. The summed E-state index contributed by atoms with van der Waals surface area (Å²) in [6, 6.07) is 3.33. The first-order valence-corrected chi connectivity index (χ1v) is 5.12. The van der Waals surface area contributed by atoms with Crippen LogP contribution >= 0.6 is 0 Å². The molecule has 0 heterocycles. The minimum absolute atomic E-state index is 0.187. The van der Waals surface area contributed by atoms with Crippen LogP contribution in [0, 0.1) is 10.1 Å². The zero-order valence-electron chi connectivity index (χ0n) is 9.58. The third-order valence-electron chi connectivity index (χ3n) is 2.17. The molecular weight excluding hydrogens is 242 g/mol. The van der Waals surface area contributed by atoms with Crippen molar-refractivity contribution in [3.05, 3.63) is 39.4 Å². The van der Waals surface area contributed by atoms with Gasteiger partial charge in [0.15, 0.2) is 0 Å². The maximum Gasteiger partial charge on any atom is 0.336 e. The number of carboxylic acid groups (broad SMARTS) is 1. The van der Waals surface area contributed by atoms with E-state index in [1.807, 2.05) is 0 Å². The van der Waals surface area contributed by atoms with Crippen molar-refractivity contribution < 1.29 is 24.4 Å². The molecule has 0 saturated carbocycles. The van der Waals surface area contributed by atoms with E-state index in [9.17, 15) is 19.7 Å². The summed E-state index contributed by atoms with van der Waals surface area (Å²) < 4.78 is 4.69. The molecule has 1 aromatic carbocycles. The molecule has 0 atom stereocenters. The Morgan fingerprint density at radius 1 is 1.44 bits per heavy atom. The van der Waals surface area contributed by atoms with Crippen LogP contribution in [-0.2, 0) is 16.0 Å². The van der Waals surface area contributed by atoms with Gasteiger partial charge in [-0.2, -0.15) is 0 Å². The minimum atomic E-state index is -1.32. The predicted molar refractivity (Wildman–Crippen MR) is 60.4 cm³/mol. The summed E-state index contributed by atoms with van der Waals surface area (Å²) in [4.78, 5) is 32.1. The number of hydrogen-bond donors (Lipinski definition) is 1. The number of rotatable bonds is 5. The molecule has 7 nitrogen and oxygen atoms in total. The van der Waals surface area contributed by atoms with E-state index in [-0.39, 0.29) is 29.8 Å². The van der Waals surface area contributed by atoms with Crippen molar-refractivity contribution in [3.63, 3.8) is 0 Å². The third kappa shape index (κ3) is 3.27. The van der Waals surface area contributed by atoms with Crippen molar-refractivity contribution in [2.45, 2.75) is 13.3 Å². The highest BCUT2D eigenvalue weighted by molar-refractivity contribution is 5.91. The predicted octanol–water partition coefficient (Wildman–Crippen LogP) is 1.40. The van der Waals surface area contributed by atoms with Crippen LogP contribution in [0.15, 0.2) is 18.2 Å². The van der Waals surface area contributed by atoms with E-state index < -0.39 is 16.9 Å². The molecule has 0 aliphatic rings. The standard InChI is InChI=1S/C11H11NO6/c1-2-18-10(13)5-7-3-4-8(12(16)17)6-9(7)11(14)15/h3-4,6H,2,5H2,1H3,(H,14,15). The first-order chi connectivity index (χ1) is 8.45. The fourth-order valence-electron chi connectivity index (χ4n) is 1.40. The number of carbonyl (C=O) groups is 2. The van der Waals surface area contributed by atoms with Crippen molar-refractivity contribution in [1.82, 2.24) is 0 Å². The van der Waals surface area contributed by atoms with Crippen LogP contribution < -0.4 is 0 Å². The highest BCUT2D eigenvalue weighted by atomic mass is 16.6. The topological polar surface area (TPSA) is 107 Å². The van der Waals surface area contributed by atoms with Gasteiger partial charge in [0, 0.05) is 12.1 Å². The summed E-state index contributed by atoms with van der Waals surface area (Å²) in [6.45, 7) is 1.82. The van der Waals surface area contributed by atoms with Gasteiger partial charge in [-0.25, -0.2) is 4.79 Å². The van der Waals surface area contributed by atoms with Crippen molar-refractivity contribution in [2.75, 3.05) is 6.61 Å². The number of nitrogens with zero attached hydrogens (tertiary/aromatic N) is 1. The first kappa shape index (κ1) is 13.6. The highest BCUT2D eigenvalue weighted by Gasteiger charge is 2.18. The second-order valence-corrected chi connectivity index (χ2v) is 3.39. The summed E-state index contributed by atoms with van der Waals surface area (Å²) in [6.07, 6.45) is -0.229. The molecule has 1 rings (SSSR count). The number of benzene rings is 1. The average Bonchev–Trinajstić information content (AvgIpc) is 2.29. The van der Waals surface area contributed by atoms with Crippen LogP contribution in [0.5, 0.6) is 0 Å². The molecule has 0 bridgehead atoms. The summed E-state index contributed by atoms with van der Waals surface area (Å²) in [5.41, 5.74) is -0.413. The molecule has 0 aliphatic carbocycles. The third-order valence-corrected chi connectivity index (χ3v) is 2.17. The van der Waals surface area contributed by atoms with Gasteiger partial charge in [-0.15, -0.1) is 0 Å². The van der Waals surface area contributed by atoms with Gasteiger partial charge in [0.25, 0.3) is 5.69 Å². The number of aromatic carboxylic acids is 1. The van der Waals surface area contributed by atoms with E-state index in [0.717, 1.165) is 12.1 Å². The summed E-state index contributed by atoms with van der Waals surface area (Å²) >= 11 is 0. The number of carbonyl (C=O) groups excluding carboxylic acids is 1. The van der Waals surface area contributed by atoms with E-state index in [2.05, 4.69) is 0 Å². The molecule has 0 radical (unpaired) electrons. The number of esters is 1. The monoisotopic (exact) mass is 253 g/mol. The molecule has 0 saturated heterocycles. The fraction of sp³-hybridized carbons (Fsp3) is 0.273. The molecule has 0 aliphatic heterocycles. The molecule has 1 N–H and O–H groups in total. The van der Waals surface area contributed by atoms with E-state index in [4.69, 9.17) is 9.84 Å². The lowest BCUT2D eigenvalue weighted by molar-refractivity contribution is -0.384. The SMILES string of the molecule is CCOC(=O)Cc1ccc([N+](=O)[O-])cc1C(=O)O. The lowest BCUT2D eigenvalue weighted by Crippen LogP contribution is -2.11. The molecule has 18 heavy (non-hydrogen) atoms. The number of ether oxygens (including phenoxy) is 1. The first-order valence-electron chi connectivity index (χ1n) is 5.12. The van der Waals surface area contributed by atoms with Crippen LogP contribution in [-0.4, -0.2) is 28.6 Å². The Balaban J connectivity index is 3.08. The second kappa shape index (κ2) is 5.76. The van der Waals surface area contributed by atoms with Crippen molar-refractivity contribution >= 4 is 17.6 Å². The smallest absolute Gasteiger partial charge is 0.336 e. The zero-order chi connectivity index (χ0) is 13.7. The van der Waals surface area contributed by atoms with Gasteiger partial charge in [-0.1, -0.05) is 6.07 Å². The van der Waals surface area contributed by atoms with Crippen LogP contribution in [0.2, 0.25) is 0 Å². The Morgan fingerprint density at radius 3 is 2.61 bits per heavy atom. The summed E-state index contributed by atoms with van der Waals surface area (Å²) in [5.74, 6) is -1.90. The number of carboxylic acids is 1. The van der Waals surface area contributed by atoms with Gasteiger partial charge >= 0.3 is 11.9 Å². The number of nitro groups is 1. The molecule has 0 spiro atoms. The second-order valence-electron chi connectivity index (χ2n) is 3.39. The minimum Gasteiger partial charge on any atom is -0.478 e. The molecular formula is C11H11NO6. The molecule has 0 fully saturated rings. The lowest BCUT2D eigenvalue weighted by Gasteiger charge is -2.05. The van der Waals surface area contributed by atoms with E-state index in [0.29, 0.717) is 0 Å². The summed E-state index contributed by atoms with van der Waals surface area (Å²) in [5, 5.41) is 19.5. The molecule has 0 amide bonds. The van der Waals surface area contributed by atoms with Gasteiger partial charge in [-0.05, 0) is 12.5 Å². The van der Waals surface area contributed by atoms with Gasteiger partial charge < -0.3 is 9.84 Å². The van der Waals surface area contributed by atoms with E-state index >= 15 is 0 Å². The Morgan fingerprint density at radius 2 is 2.11 bits per heavy atom. The van der Waals surface area contributed by atoms with Gasteiger partial charge in [-0.3, -0.25) is 14.9 Å². The van der Waals surface area contributed by atoms with Gasteiger partial charge in [0.2, 0.25) is 0 Å². The number of non-ortho nitro benzene ring substituents is 1. The van der Waals surface area contributed by atoms with Gasteiger partial charge in [0.1, 0.15) is 0 Å². The number of nitro benzene ring substituents is 1. The Kier molecular flexibility index (Phi) is 4.36. The van der Waals surface area contributed by atoms with E-state index in [1.165, 1.54) is 6.07 Å². The molecule has 1 aromatic rings. The van der Waals surface area contributed by atoms with Crippen molar-refractivity contribution in [2.24, 2.45) is 0 Å². The Labute approximate surface area is 102 Å². The summed E-state index contributed by atoms with van der Waals surface area (Å²) in [7, 11) is 0. The normalized spacial score (nSPS) is 9.83. The van der Waals surface area contributed by atoms with Gasteiger partial charge in [0.05, 0.1) is 23.5 Å². The molecule has 0 unspecified atom stereocenters. The Bertz CT molecular complexity index is 496. The Hall–Kier alpha value is -2.44. The van der Waals surface area contributed by atoms with Crippen molar-refractivity contribution in [1.29, 1.82) is 0 Å². The van der Waals surface area contributed by atoms with E-state index in [1.54, 1.807) is 6.92 Å². The van der Waals surface area contributed by atoms with Crippen LogP contribution in [0.3, 0.4) is 0 Å². The van der Waals surface area contributed by atoms with Crippen LogP contribution in [0.4, 0.5) is 5.69 Å². The lowest BCUT2D eigenvalue weighted by atomic mass is 10.0. The fourth-order valence-corrected chi connectivity index (χ4v) is 1.40. The molecule has 0 aromatic heterocycles. The quantitative estimate of drug-likeness (QED) is 0.482. The largest absolute Gasteiger partial charge is 0.478 e. The molecule has 7 heteroatoms. The van der Waals surface area contributed by atoms with Crippen LogP contribution in [0.1, 0.15) is 22.8 Å². The maximum absolute atomic E-state index is 11.3. The zero-order valence-corrected chi connectivity index (χ0v) is 9.58. The van der Waals surface area contributed by atoms with Crippen LogP contribution in [0.25, 0.3) is 0 Å².